The summed E-state index contributed by atoms with van der Waals surface area (Å²) >= 11 is 7.94. The Balaban J connectivity index is 1.59. The summed E-state index contributed by atoms with van der Waals surface area (Å²) in [4.78, 5) is 28.4. The molecule has 4 rings (SSSR count). The van der Waals surface area contributed by atoms with Gasteiger partial charge in [0.2, 0.25) is 5.11 Å². The fourth-order valence-corrected chi connectivity index (χ4v) is 4.92. The molecule has 0 aliphatic carbocycles. The van der Waals surface area contributed by atoms with E-state index >= 15 is 0 Å². The average molecular weight is 429 g/mol. The third-order valence-corrected chi connectivity index (χ3v) is 6.49. The Kier molecular flexibility index (Phi) is 4.75. The van der Waals surface area contributed by atoms with Crippen molar-refractivity contribution in [2.75, 3.05) is 0 Å². The molecule has 10 heteroatoms. The number of aryl methyl sites for hydroxylation is 1. The molecule has 7 nitrogen and oxygen atoms in total. The van der Waals surface area contributed by atoms with Crippen molar-refractivity contribution in [3.05, 3.63) is 68.3 Å². The van der Waals surface area contributed by atoms with Gasteiger partial charge in [-0.1, -0.05) is 23.5 Å². The molecule has 0 saturated heterocycles. The molecular weight excluding hydrogens is 416 g/mol. The van der Waals surface area contributed by atoms with Gasteiger partial charge in [0.1, 0.15) is 0 Å². The summed E-state index contributed by atoms with van der Waals surface area (Å²) in [7, 11) is 1.89. The van der Waals surface area contributed by atoms with Gasteiger partial charge in [-0.2, -0.15) is 4.99 Å². The molecule has 0 unspecified atom stereocenters. The Hall–Kier alpha value is -2.95. The smallest absolute Gasteiger partial charge is 0.270 e. The molecular formula is C18H12N4O3S3. The topological polar surface area (TPSA) is 89.5 Å². The number of hydrogen-bond donors (Lipinski definition) is 1. The summed E-state index contributed by atoms with van der Waals surface area (Å²) < 4.78 is 3.77. The number of benzene rings is 2. The molecule has 0 aliphatic heterocycles. The Morgan fingerprint density at radius 3 is 2.71 bits per heavy atom. The number of thiocarbonyl (C=S) groups is 1. The molecule has 0 radical (unpaired) electrons. The van der Waals surface area contributed by atoms with Crippen molar-refractivity contribution in [3.8, 4) is 0 Å². The average Bonchev–Trinajstić information content (AvgIpc) is 3.23. The second-order valence-electron chi connectivity index (χ2n) is 5.87. The standard InChI is InChI=1S/C18H12N4O3S3/c1-21-12-4-2-3-5-14(12)28-18(21)20-17(26)19-16(23)15-9-10-8-11(22(24)25)6-7-13(10)27-15/h2-9H,1H3,(H,19,23,26). The Morgan fingerprint density at radius 2 is 1.96 bits per heavy atom. The summed E-state index contributed by atoms with van der Waals surface area (Å²) in [5, 5.41) is 14.2. The van der Waals surface area contributed by atoms with Crippen LogP contribution in [0.3, 0.4) is 0 Å². The first-order valence-electron chi connectivity index (χ1n) is 8.05. The fourth-order valence-electron chi connectivity index (χ4n) is 2.72. The number of carbonyl (C=O) groups excluding carboxylic acids is 1. The minimum absolute atomic E-state index is 0.0139. The molecule has 1 amide bonds. The lowest BCUT2D eigenvalue weighted by molar-refractivity contribution is -0.384. The highest BCUT2D eigenvalue weighted by molar-refractivity contribution is 7.80. The Bertz CT molecular complexity index is 1330. The van der Waals surface area contributed by atoms with E-state index in [0.717, 1.165) is 14.9 Å². The van der Waals surface area contributed by atoms with E-state index in [9.17, 15) is 14.9 Å². The number of non-ortho nitro benzene ring substituents is 1. The van der Waals surface area contributed by atoms with Crippen LogP contribution in [-0.4, -0.2) is 20.5 Å². The molecule has 0 atom stereocenters. The number of para-hydroxylation sites is 1. The van der Waals surface area contributed by atoms with E-state index in [-0.39, 0.29) is 16.7 Å². The molecule has 2 heterocycles. The molecule has 0 aliphatic rings. The second-order valence-corrected chi connectivity index (χ2v) is 8.35. The van der Waals surface area contributed by atoms with Gasteiger partial charge < -0.3 is 4.57 Å². The third kappa shape index (κ3) is 3.44. The van der Waals surface area contributed by atoms with Crippen LogP contribution >= 0.6 is 34.9 Å². The molecule has 0 spiro atoms. The van der Waals surface area contributed by atoms with Crippen molar-refractivity contribution >= 4 is 71.9 Å². The van der Waals surface area contributed by atoms with Crippen molar-refractivity contribution in [2.45, 2.75) is 0 Å². The van der Waals surface area contributed by atoms with Crippen LogP contribution in [0.2, 0.25) is 0 Å². The van der Waals surface area contributed by atoms with E-state index in [4.69, 9.17) is 12.2 Å². The molecule has 2 aromatic heterocycles. The minimum atomic E-state index is -0.462. The van der Waals surface area contributed by atoms with Crippen molar-refractivity contribution in [1.29, 1.82) is 0 Å². The van der Waals surface area contributed by atoms with Crippen LogP contribution < -0.4 is 10.1 Å². The normalized spacial score (nSPS) is 11.8. The highest BCUT2D eigenvalue weighted by Gasteiger charge is 2.14. The second kappa shape index (κ2) is 7.23. The van der Waals surface area contributed by atoms with Crippen LogP contribution in [0.5, 0.6) is 0 Å². The predicted octanol–water partition coefficient (Wildman–Crippen LogP) is 3.98. The van der Waals surface area contributed by atoms with Crippen molar-refractivity contribution in [1.82, 2.24) is 9.88 Å². The number of thiazole rings is 1. The van der Waals surface area contributed by atoms with Crippen LogP contribution in [0, 0.1) is 10.1 Å². The van der Waals surface area contributed by atoms with Crippen molar-refractivity contribution in [3.63, 3.8) is 0 Å². The zero-order chi connectivity index (χ0) is 19.8. The van der Waals surface area contributed by atoms with Gasteiger partial charge >= 0.3 is 0 Å². The molecule has 0 bridgehead atoms. The van der Waals surface area contributed by atoms with Crippen LogP contribution in [0.1, 0.15) is 9.67 Å². The predicted molar refractivity (Wildman–Crippen MR) is 115 cm³/mol. The van der Waals surface area contributed by atoms with E-state index in [1.54, 1.807) is 12.1 Å². The number of nitrogens with zero attached hydrogens (tertiary/aromatic N) is 3. The van der Waals surface area contributed by atoms with E-state index < -0.39 is 4.92 Å². The molecule has 28 heavy (non-hydrogen) atoms. The monoisotopic (exact) mass is 428 g/mol. The lowest BCUT2D eigenvalue weighted by atomic mass is 10.2. The number of carbonyl (C=O) groups is 1. The van der Waals surface area contributed by atoms with Crippen LogP contribution in [0.4, 0.5) is 5.69 Å². The number of nitrogens with one attached hydrogen (secondary N) is 1. The molecule has 140 valence electrons. The number of fused-ring (bicyclic) bond motifs is 2. The van der Waals surface area contributed by atoms with Gasteiger partial charge in [-0.05, 0) is 36.5 Å². The van der Waals surface area contributed by atoms with E-state index in [1.165, 1.54) is 34.8 Å². The summed E-state index contributed by atoms with van der Waals surface area (Å²) in [6.07, 6.45) is 0. The Labute approximate surface area is 171 Å². The minimum Gasteiger partial charge on any atom is -0.319 e. The maximum Gasteiger partial charge on any atom is 0.270 e. The number of nitro groups is 1. The summed E-state index contributed by atoms with van der Waals surface area (Å²) in [5.41, 5.74) is 1.02. The molecule has 2 aromatic carbocycles. The number of hydrogen-bond acceptors (Lipinski definition) is 6. The number of aromatic nitrogens is 1. The summed E-state index contributed by atoms with van der Waals surface area (Å²) in [6.45, 7) is 0. The van der Waals surface area contributed by atoms with Gasteiger partial charge in [-0.25, -0.2) is 0 Å². The molecule has 0 saturated carbocycles. The fraction of sp³-hybridized carbons (Fsp3) is 0.0556. The molecule has 0 fully saturated rings. The first-order valence-corrected chi connectivity index (χ1v) is 10.1. The van der Waals surface area contributed by atoms with Gasteiger partial charge in [0, 0.05) is 29.3 Å². The zero-order valence-corrected chi connectivity index (χ0v) is 16.9. The largest absolute Gasteiger partial charge is 0.319 e. The van der Waals surface area contributed by atoms with Gasteiger partial charge in [0.25, 0.3) is 11.6 Å². The van der Waals surface area contributed by atoms with Gasteiger partial charge in [-0.3, -0.25) is 20.2 Å². The summed E-state index contributed by atoms with van der Waals surface area (Å²) in [5.74, 6) is -0.388. The number of thiophene rings is 1. The van der Waals surface area contributed by atoms with Crippen molar-refractivity contribution < 1.29 is 9.72 Å². The van der Waals surface area contributed by atoms with E-state index in [0.29, 0.717) is 15.1 Å². The van der Waals surface area contributed by atoms with E-state index in [1.807, 2.05) is 35.9 Å². The SMILES string of the molecule is Cn1c(=NC(=S)NC(=O)c2cc3cc([N+](=O)[O-])ccc3s2)sc2ccccc21. The van der Waals surface area contributed by atoms with Crippen molar-refractivity contribution in [2.24, 2.45) is 12.0 Å². The summed E-state index contributed by atoms with van der Waals surface area (Å²) in [6, 6.07) is 14.0. The Morgan fingerprint density at radius 1 is 1.18 bits per heavy atom. The van der Waals surface area contributed by atoms with Gasteiger partial charge in [0.15, 0.2) is 4.80 Å². The highest BCUT2D eigenvalue weighted by Crippen LogP contribution is 2.28. The lowest BCUT2D eigenvalue weighted by Gasteiger charge is -2.00. The van der Waals surface area contributed by atoms with E-state index in [2.05, 4.69) is 10.3 Å². The van der Waals surface area contributed by atoms with Crippen LogP contribution in [0.25, 0.3) is 20.3 Å². The first kappa shape index (κ1) is 18.4. The maximum absolute atomic E-state index is 12.5. The molecule has 4 aromatic rings. The number of amides is 1. The maximum atomic E-state index is 12.5. The van der Waals surface area contributed by atoms with Gasteiger partial charge in [0.05, 0.1) is 20.0 Å². The third-order valence-electron chi connectivity index (χ3n) is 4.07. The lowest BCUT2D eigenvalue weighted by Crippen LogP contribution is -2.29. The highest BCUT2D eigenvalue weighted by atomic mass is 32.1. The number of nitro benzene ring substituents is 1. The first-order chi connectivity index (χ1) is 13.4. The van der Waals surface area contributed by atoms with Crippen LogP contribution in [-0.2, 0) is 7.05 Å². The number of rotatable bonds is 2. The molecule has 1 N–H and O–H groups in total. The quantitative estimate of drug-likeness (QED) is 0.297. The van der Waals surface area contributed by atoms with Crippen LogP contribution in [0.15, 0.2) is 53.5 Å². The van der Waals surface area contributed by atoms with Gasteiger partial charge in [-0.15, -0.1) is 11.3 Å². The zero-order valence-electron chi connectivity index (χ0n) is 14.4.